The van der Waals surface area contributed by atoms with Gasteiger partial charge >= 0.3 is 0 Å². The Bertz CT molecular complexity index is 296. The lowest BCUT2D eigenvalue weighted by Gasteiger charge is -2.14. The molecule has 0 spiro atoms. The fourth-order valence-corrected chi connectivity index (χ4v) is 2.30. The van der Waals surface area contributed by atoms with Crippen LogP contribution in [0.5, 0.6) is 0 Å². The summed E-state index contributed by atoms with van der Waals surface area (Å²) >= 11 is 0. The summed E-state index contributed by atoms with van der Waals surface area (Å²) in [5.41, 5.74) is 0. The van der Waals surface area contributed by atoms with Crippen molar-refractivity contribution in [3.05, 3.63) is 12.2 Å². The molecule has 0 aromatic rings. The van der Waals surface area contributed by atoms with Crippen LogP contribution in [-0.2, 0) is 9.59 Å². The molecule has 3 nitrogen and oxygen atoms in total. The Balaban J connectivity index is 2.22. The summed E-state index contributed by atoms with van der Waals surface area (Å²) in [6, 6.07) is 0. The van der Waals surface area contributed by atoms with Gasteiger partial charge in [0.15, 0.2) is 0 Å². The highest BCUT2D eigenvalue weighted by molar-refractivity contribution is 6.06. The third-order valence-corrected chi connectivity index (χ3v) is 3.00. The van der Waals surface area contributed by atoms with Crippen LogP contribution in [-0.4, -0.2) is 23.3 Å². The van der Waals surface area contributed by atoms with Gasteiger partial charge in [-0.1, -0.05) is 19.1 Å². The molecule has 0 N–H and O–H groups in total. The van der Waals surface area contributed by atoms with E-state index in [2.05, 4.69) is 0 Å². The smallest absolute Gasteiger partial charge is 0.236 e. The Hall–Kier alpha value is -1.12. The molecule has 76 valence electrons. The molecule has 1 heterocycles. The van der Waals surface area contributed by atoms with Crippen LogP contribution >= 0.6 is 0 Å². The van der Waals surface area contributed by atoms with Crippen molar-refractivity contribution in [3.8, 4) is 0 Å². The number of likely N-dealkylation sites (tertiary alicyclic amines) is 1. The summed E-state index contributed by atoms with van der Waals surface area (Å²) in [4.78, 5) is 25.0. The fraction of sp³-hybridized carbons (Fsp3) is 0.636. The summed E-state index contributed by atoms with van der Waals surface area (Å²) in [5, 5.41) is 0. The Morgan fingerprint density at radius 3 is 2.86 bits per heavy atom. The Morgan fingerprint density at radius 2 is 2.21 bits per heavy atom. The van der Waals surface area contributed by atoms with E-state index in [1.165, 1.54) is 4.90 Å². The number of imide groups is 1. The quantitative estimate of drug-likeness (QED) is 0.490. The molecule has 0 radical (unpaired) electrons. The minimum absolute atomic E-state index is 0.0119. The highest BCUT2D eigenvalue weighted by Crippen LogP contribution is 2.34. The van der Waals surface area contributed by atoms with Crippen LogP contribution in [0.25, 0.3) is 0 Å². The highest BCUT2D eigenvalue weighted by atomic mass is 16.2. The molecule has 2 amide bonds. The van der Waals surface area contributed by atoms with E-state index in [9.17, 15) is 9.59 Å². The molecule has 0 bridgehead atoms. The number of rotatable bonds is 2. The van der Waals surface area contributed by atoms with Crippen LogP contribution in [0, 0.1) is 11.8 Å². The van der Waals surface area contributed by atoms with Crippen molar-refractivity contribution < 1.29 is 9.59 Å². The van der Waals surface area contributed by atoms with Crippen molar-refractivity contribution in [2.24, 2.45) is 11.8 Å². The maximum absolute atomic E-state index is 11.8. The molecule has 2 aliphatic rings. The number of nitrogens with zero attached hydrogens (tertiary/aromatic N) is 1. The zero-order chi connectivity index (χ0) is 10.1. The molecule has 14 heavy (non-hydrogen) atoms. The minimum Gasteiger partial charge on any atom is -0.282 e. The van der Waals surface area contributed by atoms with E-state index >= 15 is 0 Å². The first-order chi connectivity index (χ1) is 6.75. The summed E-state index contributed by atoms with van der Waals surface area (Å²) in [6.07, 6.45) is 6.54. The van der Waals surface area contributed by atoms with Crippen LogP contribution in [0.15, 0.2) is 12.2 Å². The van der Waals surface area contributed by atoms with Gasteiger partial charge in [0, 0.05) is 6.54 Å². The molecule has 1 saturated heterocycles. The Kier molecular flexibility index (Phi) is 2.40. The van der Waals surface area contributed by atoms with Gasteiger partial charge in [0.2, 0.25) is 11.8 Å². The second kappa shape index (κ2) is 3.56. The van der Waals surface area contributed by atoms with Gasteiger partial charge in [-0.3, -0.25) is 14.5 Å². The number of amides is 2. The molecule has 1 fully saturated rings. The maximum atomic E-state index is 11.8. The van der Waals surface area contributed by atoms with Gasteiger partial charge in [-0.25, -0.2) is 0 Å². The SMILES string of the molecule is CCCN1C(=O)C2C=CCCC2C1=O. The lowest BCUT2D eigenvalue weighted by Crippen LogP contribution is -2.31. The molecule has 2 rings (SSSR count). The van der Waals surface area contributed by atoms with E-state index in [1.807, 2.05) is 19.1 Å². The van der Waals surface area contributed by atoms with Crippen LogP contribution in [0.2, 0.25) is 0 Å². The molecule has 0 saturated carbocycles. The van der Waals surface area contributed by atoms with E-state index in [1.54, 1.807) is 0 Å². The zero-order valence-corrected chi connectivity index (χ0v) is 8.40. The number of carbonyl (C=O) groups excluding carboxylic acids is 2. The van der Waals surface area contributed by atoms with Gasteiger partial charge in [-0.2, -0.15) is 0 Å². The number of hydrogen-bond acceptors (Lipinski definition) is 2. The standard InChI is InChI=1S/C11H15NO2/c1-2-7-12-10(13)8-5-3-4-6-9(8)11(12)14/h3,5,8-9H,2,4,6-7H2,1H3. The molecular weight excluding hydrogens is 178 g/mol. The summed E-state index contributed by atoms with van der Waals surface area (Å²) in [5.74, 6) is -0.147. The summed E-state index contributed by atoms with van der Waals surface area (Å²) in [7, 11) is 0. The number of fused-ring (bicyclic) bond motifs is 1. The monoisotopic (exact) mass is 193 g/mol. The van der Waals surface area contributed by atoms with Gasteiger partial charge in [0.25, 0.3) is 0 Å². The first-order valence-corrected chi connectivity index (χ1v) is 5.27. The third-order valence-electron chi connectivity index (χ3n) is 3.00. The van der Waals surface area contributed by atoms with Crippen LogP contribution in [0.3, 0.4) is 0 Å². The first kappa shape index (κ1) is 9.44. The van der Waals surface area contributed by atoms with Crippen LogP contribution in [0.4, 0.5) is 0 Å². The van der Waals surface area contributed by atoms with Crippen molar-refractivity contribution in [3.63, 3.8) is 0 Å². The van der Waals surface area contributed by atoms with Gasteiger partial charge < -0.3 is 0 Å². The molecular formula is C11H15NO2. The second-order valence-electron chi connectivity index (χ2n) is 3.97. The molecule has 0 aromatic heterocycles. The maximum Gasteiger partial charge on any atom is 0.236 e. The average Bonchev–Trinajstić information content (AvgIpc) is 2.45. The number of allylic oxidation sites excluding steroid dienone is 1. The first-order valence-electron chi connectivity index (χ1n) is 5.27. The van der Waals surface area contributed by atoms with E-state index < -0.39 is 0 Å². The third kappa shape index (κ3) is 1.27. The average molecular weight is 193 g/mol. The Labute approximate surface area is 83.8 Å². The summed E-state index contributed by atoms with van der Waals surface area (Å²) < 4.78 is 0. The molecule has 3 heteroatoms. The van der Waals surface area contributed by atoms with Gasteiger partial charge in [-0.05, 0) is 19.3 Å². The van der Waals surface area contributed by atoms with E-state index in [0.29, 0.717) is 6.54 Å². The largest absolute Gasteiger partial charge is 0.282 e. The van der Waals surface area contributed by atoms with Gasteiger partial charge in [0.05, 0.1) is 11.8 Å². The Morgan fingerprint density at radius 1 is 1.43 bits per heavy atom. The van der Waals surface area contributed by atoms with Crippen molar-refractivity contribution >= 4 is 11.8 Å². The normalized spacial score (nSPS) is 31.1. The topological polar surface area (TPSA) is 37.4 Å². The zero-order valence-electron chi connectivity index (χ0n) is 8.40. The van der Waals surface area contributed by atoms with Crippen molar-refractivity contribution in [1.29, 1.82) is 0 Å². The predicted octanol–water partition coefficient (Wildman–Crippen LogP) is 1.35. The van der Waals surface area contributed by atoms with E-state index in [0.717, 1.165) is 19.3 Å². The lowest BCUT2D eigenvalue weighted by molar-refractivity contribution is -0.139. The number of carbonyl (C=O) groups is 2. The minimum atomic E-state index is -0.150. The molecule has 1 aliphatic carbocycles. The van der Waals surface area contributed by atoms with Crippen molar-refractivity contribution in [1.82, 2.24) is 4.90 Å². The molecule has 2 atom stereocenters. The van der Waals surface area contributed by atoms with E-state index in [-0.39, 0.29) is 23.7 Å². The van der Waals surface area contributed by atoms with E-state index in [4.69, 9.17) is 0 Å². The van der Waals surface area contributed by atoms with Crippen LogP contribution in [0.1, 0.15) is 26.2 Å². The highest BCUT2D eigenvalue weighted by Gasteiger charge is 2.45. The van der Waals surface area contributed by atoms with Crippen molar-refractivity contribution in [2.45, 2.75) is 26.2 Å². The van der Waals surface area contributed by atoms with Gasteiger partial charge in [0.1, 0.15) is 0 Å². The summed E-state index contributed by atoms with van der Waals surface area (Å²) in [6.45, 7) is 2.57. The predicted molar refractivity (Wildman–Crippen MR) is 52.4 cm³/mol. The lowest BCUT2D eigenvalue weighted by atomic mass is 9.86. The number of hydrogen-bond donors (Lipinski definition) is 0. The molecule has 2 unspecified atom stereocenters. The second-order valence-corrected chi connectivity index (χ2v) is 3.97. The van der Waals surface area contributed by atoms with Crippen molar-refractivity contribution in [2.75, 3.05) is 6.54 Å². The fourth-order valence-electron chi connectivity index (χ4n) is 2.30. The molecule has 1 aliphatic heterocycles. The van der Waals surface area contributed by atoms with Gasteiger partial charge in [-0.15, -0.1) is 0 Å². The molecule has 0 aromatic carbocycles. The van der Waals surface area contributed by atoms with Crippen LogP contribution < -0.4 is 0 Å².